The van der Waals surface area contributed by atoms with E-state index < -0.39 is 30.8 Å². The van der Waals surface area contributed by atoms with Crippen molar-refractivity contribution in [3.63, 3.8) is 0 Å². The Morgan fingerprint density at radius 3 is 2.61 bits per heavy atom. The molecule has 2 aromatic heterocycles. The fraction of sp³-hybridized carbons (Fsp3) is 0.348. The van der Waals surface area contributed by atoms with Crippen molar-refractivity contribution in [2.24, 2.45) is 0 Å². The molecule has 13 heteroatoms. The van der Waals surface area contributed by atoms with Gasteiger partial charge in [0.15, 0.2) is 35.2 Å². The number of imidazole rings is 1. The minimum Gasteiger partial charge on any atom is -0.387 e. The summed E-state index contributed by atoms with van der Waals surface area (Å²) in [5.41, 5.74) is 4.28. The van der Waals surface area contributed by atoms with Crippen LogP contribution in [0.15, 0.2) is 30.6 Å². The molecule has 3 aromatic rings. The number of ether oxygens (including phenoxy) is 1. The first-order valence-corrected chi connectivity index (χ1v) is 10.8. The maximum absolute atomic E-state index is 11.5. The summed E-state index contributed by atoms with van der Waals surface area (Å²) in [5.74, 6) is 6.00. The average Bonchev–Trinajstić information content (AvgIpc) is 3.43. The third-order valence-electron chi connectivity index (χ3n) is 5.66. The first kappa shape index (κ1) is 25.2. The number of Topliss-reactive ketones (excluding diaryl/α,β-unsaturated/α-hetero) is 1. The summed E-state index contributed by atoms with van der Waals surface area (Å²) in [6, 6.07) is 6.74. The predicted molar refractivity (Wildman–Crippen MR) is 124 cm³/mol. The monoisotopic (exact) mass is 496 g/mol. The van der Waals surface area contributed by atoms with Crippen LogP contribution in [0.3, 0.4) is 0 Å². The quantitative estimate of drug-likeness (QED) is 0.108. The zero-order valence-corrected chi connectivity index (χ0v) is 19.6. The van der Waals surface area contributed by atoms with Gasteiger partial charge in [0.2, 0.25) is 12.2 Å². The van der Waals surface area contributed by atoms with Crippen LogP contribution < -0.4 is 5.48 Å². The number of amides is 1. The van der Waals surface area contributed by atoms with E-state index in [1.807, 2.05) is 0 Å². The Kier molecular flexibility index (Phi) is 7.25. The number of rotatable bonds is 7. The number of carbonyl (C=O) groups is 2. The minimum absolute atomic E-state index is 0.0548. The number of anilines is 1. The van der Waals surface area contributed by atoms with Gasteiger partial charge in [-0.15, -0.1) is 0 Å². The maximum Gasteiger partial charge on any atom is 0.211 e. The van der Waals surface area contributed by atoms with Crippen LogP contribution in [0.4, 0.5) is 5.82 Å². The number of fused-ring (bicyclic) bond motifs is 1. The van der Waals surface area contributed by atoms with Crippen LogP contribution in [0.5, 0.6) is 0 Å². The van der Waals surface area contributed by atoms with Crippen molar-refractivity contribution < 1.29 is 34.5 Å². The van der Waals surface area contributed by atoms with Crippen LogP contribution in [-0.4, -0.2) is 90.6 Å². The van der Waals surface area contributed by atoms with Gasteiger partial charge in [-0.2, -0.15) is 4.98 Å². The Hall–Kier alpha value is -3.93. The van der Waals surface area contributed by atoms with Gasteiger partial charge in [0.25, 0.3) is 0 Å². The summed E-state index contributed by atoms with van der Waals surface area (Å²) in [4.78, 5) is 41.4. The lowest BCUT2D eigenvalue weighted by atomic mass is 10.1. The summed E-state index contributed by atoms with van der Waals surface area (Å²) in [6.07, 6.45) is -5.23. The molecule has 0 saturated carbocycles. The molecule has 1 fully saturated rings. The average molecular weight is 496 g/mol. The van der Waals surface area contributed by atoms with E-state index in [1.165, 1.54) is 32.0 Å². The molecule has 13 nitrogen and oxygen atoms in total. The van der Waals surface area contributed by atoms with E-state index in [-0.39, 0.29) is 28.6 Å². The second kappa shape index (κ2) is 10.4. The Bertz CT molecular complexity index is 1330. The van der Waals surface area contributed by atoms with Crippen LogP contribution in [0, 0.1) is 11.8 Å². The van der Waals surface area contributed by atoms with Crippen LogP contribution in [0.2, 0.25) is 0 Å². The zero-order valence-electron chi connectivity index (χ0n) is 19.6. The third kappa shape index (κ3) is 4.76. The Morgan fingerprint density at radius 1 is 1.25 bits per heavy atom. The van der Waals surface area contributed by atoms with Gasteiger partial charge in [0.05, 0.1) is 13.4 Å². The molecule has 0 radical (unpaired) electrons. The van der Waals surface area contributed by atoms with Gasteiger partial charge in [-0.25, -0.2) is 15.4 Å². The van der Waals surface area contributed by atoms with E-state index in [1.54, 1.807) is 24.3 Å². The number of nitrogens with one attached hydrogen (secondary N) is 1. The molecular weight excluding hydrogens is 472 g/mol. The number of likely N-dealkylation sites (N-methyl/N-ethyl adjacent to an activating group) is 1. The highest BCUT2D eigenvalue weighted by molar-refractivity contribution is 5.94. The van der Waals surface area contributed by atoms with Crippen molar-refractivity contribution in [1.29, 1.82) is 0 Å². The van der Waals surface area contributed by atoms with Crippen LogP contribution in [-0.2, 0) is 14.4 Å². The molecule has 1 amide bonds. The zero-order chi connectivity index (χ0) is 26.0. The fourth-order valence-corrected chi connectivity index (χ4v) is 3.70. The Morgan fingerprint density at radius 2 is 1.97 bits per heavy atom. The highest BCUT2D eigenvalue weighted by atomic mass is 16.6. The molecule has 1 aromatic carbocycles. The number of benzene rings is 1. The smallest absolute Gasteiger partial charge is 0.211 e. The predicted octanol–water partition coefficient (Wildman–Crippen LogP) is -0.572. The molecule has 1 aliphatic rings. The van der Waals surface area contributed by atoms with Crippen molar-refractivity contribution in [2.45, 2.75) is 37.7 Å². The molecule has 36 heavy (non-hydrogen) atoms. The van der Waals surface area contributed by atoms with Gasteiger partial charge in [-0.05, 0) is 25.0 Å². The number of aliphatic hydroxyl groups excluding tert-OH is 3. The van der Waals surface area contributed by atoms with E-state index in [0.29, 0.717) is 17.5 Å². The van der Waals surface area contributed by atoms with Crippen molar-refractivity contribution in [3.05, 3.63) is 47.5 Å². The second-order valence-electron chi connectivity index (χ2n) is 8.07. The normalized spacial score (nSPS) is 22.1. The lowest BCUT2D eigenvalue weighted by molar-refractivity contribution is -0.149. The molecule has 1 saturated heterocycles. The Balaban J connectivity index is 1.71. The molecule has 4 rings (SSSR count). The first-order valence-electron chi connectivity index (χ1n) is 10.8. The summed E-state index contributed by atoms with van der Waals surface area (Å²) < 4.78 is 7.09. The van der Waals surface area contributed by atoms with Gasteiger partial charge < -0.3 is 25.0 Å². The third-order valence-corrected chi connectivity index (χ3v) is 5.66. The molecule has 4 N–H and O–H groups in total. The number of nitrogens with zero attached hydrogens (tertiary/aromatic N) is 5. The van der Waals surface area contributed by atoms with E-state index >= 15 is 0 Å². The summed E-state index contributed by atoms with van der Waals surface area (Å²) in [5, 5.41) is 31.4. The highest BCUT2D eigenvalue weighted by Crippen LogP contribution is 2.34. The molecule has 1 aliphatic heterocycles. The number of hydrogen-bond acceptors (Lipinski definition) is 11. The SMILES string of the molecule is CONc1nc(C#Cc2ccc(C(C)=O)cc2)nc2c1ncn2[C@@H]1O[C@H](C(O)N(C)C=O)[C@@H](O)[C@H]1O. The van der Waals surface area contributed by atoms with Gasteiger partial charge in [-0.1, -0.05) is 18.1 Å². The minimum atomic E-state index is -1.50. The number of hydrogen-bond donors (Lipinski definition) is 4. The van der Waals surface area contributed by atoms with Gasteiger partial charge in [-0.3, -0.25) is 19.0 Å². The molecule has 5 atom stereocenters. The van der Waals surface area contributed by atoms with Gasteiger partial charge in [0, 0.05) is 18.2 Å². The number of carbonyl (C=O) groups excluding carboxylic acids is 2. The van der Waals surface area contributed by atoms with Gasteiger partial charge in [0.1, 0.15) is 18.3 Å². The molecular formula is C23H24N6O7. The lowest BCUT2D eigenvalue weighted by Gasteiger charge is -2.26. The van der Waals surface area contributed by atoms with Crippen molar-refractivity contribution >= 4 is 29.2 Å². The molecule has 0 spiro atoms. The number of aliphatic hydroxyl groups is 3. The van der Waals surface area contributed by atoms with Crippen LogP contribution >= 0.6 is 0 Å². The molecule has 3 heterocycles. The second-order valence-corrected chi connectivity index (χ2v) is 8.07. The molecule has 0 aliphatic carbocycles. The van der Waals surface area contributed by atoms with Crippen molar-refractivity contribution in [2.75, 3.05) is 19.6 Å². The van der Waals surface area contributed by atoms with E-state index in [9.17, 15) is 24.9 Å². The van der Waals surface area contributed by atoms with Crippen molar-refractivity contribution in [1.82, 2.24) is 24.4 Å². The van der Waals surface area contributed by atoms with Crippen molar-refractivity contribution in [3.8, 4) is 11.8 Å². The highest BCUT2D eigenvalue weighted by Gasteiger charge is 2.48. The number of aromatic nitrogens is 4. The van der Waals surface area contributed by atoms with Gasteiger partial charge >= 0.3 is 0 Å². The lowest BCUT2D eigenvalue weighted by Crippen LogP contribution is -2.46. The summed E-state index contributed by atoms with van der Waals surface area (Å²) in [7, 11) is 2.71. The molecule has 188 valence electrons. The maximum atomic E-state index is 11.5. The van der Waals surface area contributed by atoms with Crippen LogP contribution in [0.1, 0.15) is 34.9 Å². The largest absolute Gasteiger partial charge is 0.387 e. The topological polar surface area (TPSA) is 172 Å². The van der Waals surface area contributed by atoms with E-state index in [4.69, 9.17) is 9.57 Å². The molecule has 0 bridgehead atoms. The fourth-order valence-electron chi connectivity index (χ4n) is 3.70. The standard InChI is InChI=1S/C23H24N6O7/c1-12(31)14-7-4-13(5-8-14)6-9-15-25-20(27-35-3)16-21(26-15)29(10-24-16)23-18(33)17(32)19(36-23)22(34)28(2)11-30/h4-5,7-8,10-11,17-19,22-23,32-34H,1-3H3,(H,25,26,27)/t17-,18+,19-,22?,23+/m0/s1. The Labute approximate surface area is 205 Å². The van der Waals surface area contributed by atoms with E-state index in [2.05, 4.69) is 32.3 Å². The number of ketones is 1. The summed E-state index contributed by atoms with van der Waals surface area (Å²) in [6.45, 7) is 1.48. The molecule has 1 unspecified atom stereocenters. The van der Waals surface area contributed by atoms with E-state index in [0.717, 1.165) is 4.90 Å². The van der Waals surface area contributed by atoms with Crippen LogP contribution in [0.25, 0.3) is 11.2 Å². The summed E-state index contributed by atoms with van der Waals surface area (Å²) >= 11 is 0. The first-order chi connectivity index (χ1) is 17.2.